The summed E-state index contributed by atoms with van der Waals surface area (Å²) in [6.45, 7) is 2.39. The van der Waals surface area contributed by atoms with E-state index in [2.05, 4.69) is 9.72 Å². The molecule has 4 nitrogen and oxygen atoms in total. The molecule has 1 atom stereocenters. The lowest BCUT2D eigenvalue weighted by Gasteiger charge is -2.35. The average molecular weight is 327 g/mol. The van der Waals surface area contributed by atoms with Crippen LogP contribution in [0.25, 0.3) is 10.9 Å². The summed E-state index contributed by atoms with van der Waals surface area (Å²) in [5.41, 5.74) is 1.58. The van der Waals surface area contributed by atoms with Gasteiger partial charge >= 0.3 is 6.36 Å². The first-order chi connectivity index (χ1) is 10.9. The second kappa shape index (κ2) is 5.56. The second-order valence-electron chi connectivity index (χ2n) is 5.55. The Bertz CT molecular complexity index is 738. The van der Waals surface area contributed by atoms with E-state index in [4.69, 9.17) is 4.74 Å². The van der Waals surface area contributed by atoms with Crippen LogP contribution in [0.5, 0.6) is 5.75 Å². The number of ether oxygens (including phenoxy) is 2. The van der Waals surface area contributed by atoms with Crippen molar-refractivity contribution in [2.75, 3.05) is 6.61 Å². The summed E-state index contributed by atoms with van der Waals surface area (Å²) in [5.74, 6) is -0.276. The maximum Gasteiger partial charge on any atom is 0.573 e. The van der Waals surface area contributed by atoms with E-state index in [1.54, 1.807) is 6.07 Å². The summed E-state index contributed by atoms with van der Waals surface area (Å²) in [6, 6.07) is 4.23. The summed E-state index contributed by atoms with van der Waals surface area (Å²) in [5, 5.41) is 0.835. The Hall–Kier alpha value is -2.02. The van der Waals surface area contributed by atoms with Crippen LogP contribution in [0.1, 0.15) is 31.0 Å². The number of aromatic amines is 1. The van der Waals surface area contributed by atoms with Gasteiger partial charge in [0, 0.05) is 23.4 Å². The number of hydrogen-bond donors (Lipinski definition) is 1. The number of benzene rings is 1. The van der Waals surface area contributed by atoms with E-state index in [1.165, 1.54) is 12.1 Å². The zero-order chi connectivity index (χ0) is 16.7. The maximum atomic E-state index is 12.4. The molecule has 0 fully saturated rings. The summed E-state index contributed by atoms with van der Waals surface area (Å²) in [7, 11) is 0. The molecule has 2 aromatic rings. The van der Waals surface area contributed by atoms with Gasteiger partial charge in [-0.3, -0.25) is 0 Å². The Labute approximate surface area is 130 Å². The van der Waals surface area contributed by atoms with Gasteiger partial charge in [-0.1, -0.05) is 6.92 Å². The van der Waals surface area contributed by atoms with Crippen LogP contribution in [0, 0.1) is 0 Å². The van der Waals surface area contributed by atoms with Crippen molar-refractivity contribution in [2.45, 2.75) is 38.1 Å². The molecule has 2 heterocycles. The van der Waals surface area contributed by atoms with E-state index in [0.717, 1.165) is 22.9 Å². The third-order valence-corrected chi connectivity index (χ3v) is 4.28. The molecule has 0 radical (unpaired) electrons. The molecule has 0 aliphatic carbocycles. The molecule has 1 aromatic heterocycles. The van der Waals surface area contributed by atoms with Gasteiger partial charge in [0.1, 0.15) is 17.6 Å². The van der Waals surface area contributed by atoms with Crippen molar-refractivity contribution < 1.29 is 27.4 Å². The Kier molecular flexibility index (Phi) is 3.83. The number of carbonyl (C=O) groups is 1. The van der Waals surface area contributed by atoms with Crippen LogP contribution in [0.2, 0.25) is 0 Å². The van der Waals surface area contributed by atoms with Crippen LogP contribution in [0.4, 0.5) is 13.2 Å². The molecule has 124 valence electrons. The largest absolute Gasteiger partial charge is 0.573 e. The van der Waals surface area contributed by atoms with Gasteiger partial charge in [-0.05, 0) is 30.5 Å². The van der Waals surface area contributed by atoms with Crippen LogP contribution >= 0.6 is 0 Å². The van der Waals surface area contributed by atoms with Crippen LogP contribution in [0.3, 0.4) is 0 Å². The van der Waals surface area contributed by atoms with Crippen LogP contribution < -0.4 is 4.74 Å². The van der Waals surface area contributed by atoms with Gasteiger partial charge in [0.25, 0.3) is 0 Å². The lowest BCUT2D eigenvalue weighted by Crippen LogP contribution is -2.35. The first kappa shape index (κ1) is 15.9. The van der Waals surface area contributed by atoms with E-state index in [9.17, 15) is 18.0 Å². The third-order valence-electron chi connectivity index (χ3n) is 4.28. The van der Waals surface area contributed by atoms with Gasteiger partial charge in [-0.25, -0.2) is 0 Å². The van der Waals surface area contributed by atoms with Crippen molar-refractivity contribution in [1.29, 1.82) is 0 Å². The fourth-order valence-corrected chi connectivity index (χ4v) is 3.22. The number of rotatable bonds is 4. The van der Waals surface area contributed by atoms with Crippen molar-refractivity contribution in [2.24, 2.45) is 0 Å². The van der Waals surface area contributed by atoms with Crippen LogP contribution in [-0.2, 0) is 21.6 Å². The fourth-order valence-electron chi connectivity index (χ4n) is 3.22. The zero-order valence-corrected chi connectivity index (χ0v) is 12.5. The second-order valence-corrected chi connectivity index (χ2v) is 5.55. The molecule has 3 rings (SSSR count). The predicted octanol–water partition coefficient (Wildman–Crippen LogP) is 3.83. The van der Waals surface area contributed by atoms with Gasteiger partial charge in [0.15, 0.2) is 0 Å². The monoisotopic (exact) mass is 327 g/mol. The number of alkyl halides is 3. The van der Waals surface area contributed by atoms with Gasteiger partial charge in [0.2, 0.25) is 0 Å². The van der Waals surface area contributed by atoms with E-state index >= 15 is 0 Å². The highest BCUT2D eigenvalue weighted by atomic mass is 19.4. The molecule has 1 aromatic carbocycles. The Morgan fingerprint density at radius 2 is 2.22 bits per heavy atom. The first-order valence-electron chi connectivity index (χ1n) is 7.37. The molecule has 7 heteroatoms. The number of hydrogen-bond acceptors (Lipinski definition) is 3. The lowest BCUT2D eigenvalue weighted by molar-refractivity contribution is -0.274. The van der Waals surface area contributed by atoms with Crippen molar-refractivity contribution in [3.63, 3.8) is 0 Å². The zero-order valence-electron chi connectivity index (χ0n) is 12.5. The van der Waals surface area contributed by atoms with Gasteiger partial charge in [-0.15, -0.1) is 13.2 Å². The number of fused-ring (bicyclic) bond motifs is 3. The molecule has 0 spiro atoms. The highest BCUT2D eigenvalue weighted by Gasteiger charge is 2.38. The molecule has 0 amide bonds. The molecule has 1 aliphatic rings. The number of halogens is 3. The van der Waals surface area contributed by atoms with Crippen molar-refractivity contribution >= 4 is 17.2 Å². The summed E-state index contributed by atoms with van der Waals surface area (Å²) < 4.78 is 46.9. The number of carbonyl (C=O) groups excluding carboxylic acids is 1. The Balaban J connectivity index is 2.10. The van der Waals surface area contributed by atoms with Gasteiger partial charge in [0.05, 0.1) is 12.3 Å². The minimum Gasteiger partial charge on any atom is -0.406 e. The summed E-state index contributed by atoms with van der Waals surface area (Å²) in [6.07, 6.45) is -2.47. The normalized spacial score (nSPS) is 21.2. The highest BCUT2D eigenvalue weighted by Crippen LogP contribution is 2.41. The minimum atomic E-state index is -4.73. The van der Waals surface area contributed by atoms with E-state index in [0.29, 0.717) is 25.0 Å². The van der Waals surface area contributed by atoms with E-state index < -0.39 is 12.0 Å². The van der Waals surface area contributed by atoms with Crippen molar-refractivity contribution in [3.8, 4) is 5.75 Å². The highest BCUT2D eigenvalue weighted by molar-refractivity contribution is 5.86. The standard InChI is InChI=1S/C16H16F3NO3/c1-2-15(6-7-21)14-12(5-8-22-15)11-4-3-10(9-13(11)20-14)23-16(17,18)19/h3-4,7,9,20H,2,5-6,8H2,1H3. The topological polar surface area (TPSA) is 51.3 Å². The Morgan fingerprint density at radius 3 is 2.87 bits per heavy atom. The van der Waals surface area contributed by atoms with Crippen molar-refractivity contribution in [3.05, 3.63) is 29.5 Å². The quantitative estimate of drug-likeness (QED) is 0.868. The number of nitrogens with one attached hydrogen (secondary N) is 1. The molecular weight excluding hydrogens is 311 g/mol. The summed E-state index contributed by atoms with van der Waals surface area (Å²) in [4.78, 5) is 14.2. The molecule has 23 heavy (non-hydrogen) atoms. The molecule has 0 saturated carbocycles. The van der Waals surface area contributed by atoms with E-state index in [-0.39, 0.29) is 12.2 Å². The van der Waals surface area contributed by atoms with E-state index in [1.807, 2.05) is 6.92 Å². The average Bonchev–Trinajstić information content (AvgIpc) is 2.85. The molecule has 0 saturated heterocycles. The van der Waals surface area contributed by atoms with Crippen LogP contribution in [-0.4, -0.2) is 24.2 Å². The smallest absolute Gasteiger partial charge is 0.406 e. The molecule has 1 aliphatic heterocycles. The van der Waals surface area contributed by atoms with Crippen molar-refractivity contribution in [1.82, 2.24) is 4.98 Å². The third kappa shape index (κ3) is 2.81. The molecular formula is C16H16F3NO3. The SMILES string of the molecule is CCC1(CC=O)OCCc2c1[nH]c1cc(OC(F)(F)F)ccc21. The molecule has 1 N–H and O–H groups in total. The number of H-pyrrole nitrogens is 1. The first-order valence-corrected chi connectivity index (χ1v) is 7.37. The predicted molar refractivity (Wildman–Crippen MR) is 77.3 cm³/mol. The minimum absolute atomic E-state index is 0.204. The number of aldehydes is 1. The lowest BCUT2D eigenvalue weighted by atomic mass is 9.87. The molecule has 1 unspecified atom stereocenters. The maximum absolute atomic E-state index is 12.4. The Morgan fingerprint density at radius 1 is 1.43 bits per heavy atom. The van der Waals surface area contributed by atoms with Gasteiger partial charge < -0.3 is 19.3 Å². The van der Waals surface area contributed by atoms with Crippen LogP contribution in [0.15, 0.2) is 18.2 Å². The number of aromatic nitrogens is 1. The fraction of sp³-hybridized carbons (Fsp3) is 0.438. The van der Waals surface area contributed by atoms with Gasteiger partial charge in [-0.2, -0.15) is 0 Å². The summed E-state index contributed by atoms with van der Waals surface area (Å²) >= 11 is 0. The molecule has 0 bridgehead atoms.